The summed E-state index contributed by atoms with van der Waals surface area (Å²) in [6.07, 6.45) is 2.52. The molecule has 0 amide bonds. The number of ether oxygens (including phenoxy) is 3. The molecule has 26 heavy (non-hydrogen) atoms. The molecule has 1 aromatic heterocycles. The van der Waals surface area contributed by atoms with E-state index in [1.807, 2.05) is 20.0 Å². The zero-order valence-electron chi connectivity index (χ0n) is 15.4. The van der Waals surface area contributed by atoms with Crippen LogP contribution >= 0.6 is 12.4 Å². The van der Waals surface area contributed by atoms with Gasteiger partial charge in [0.15, 0.2) is 11.5 Å². The van der Waals surface area contributed by atoms with Crippen molar-refractivity contribution in [1.82, 2.24) is 15.1 Å². The number of nitrogens with zero attached hydrogens (tertiary/aromatic N) is 2. The number of aryl methyl sites for hydroxylation is 2. The number of nitrogens with one attached hydrogen (secondary N) is 1. The molecular formula is C19H26ClN3O3. The van der Waals surface area contributed by atoms with Crippen molar-refractivity contribution >= 4 is 12.4 Å². The molecule has 1 aliphatic heterocycles. The molecule has 1 aromatic carbocycles. The Kier molecular flexibility index (Phi) is 5.63. The highest BCUT2D eigenvalue weighted by Crippen LogP contribution is 2.43. The first-order valence-corrected chi connectivity index (χ1v) is 8.86. The van der Waals surface area contributed by atoms with Crippen LogP contribution in [0.15, 0.2) is 18.2 Å². The summed E-state index contributed by atoms with van der Waals surface area (Å²) >= 11 is 0. The predicted molar refractivity (Wildman–Crippen MR) is 101 cm³/mol. The van der Waals surface area contributed by atoms with Crippen molar-refractivity contribution in [2.24, 2.45) is 13.0 Å². The van der Waals surface area contributed by atoms with Gasteiger partial charge in [0.05, 0.1) is 18.4 Å². The summed E-state index contributed by atoms with van der Waals surface area (Å²) in [6, 6.07) is 6.60. The van der Waals surface area contributed by atoms with Crippen molar-refractivity contribution in [2.75, 3.05) is 20.3 Å². The number of halogens is 1. The maximum absolute atomic E-state index is 5.75. The third-order valence-corrected chi connectivity index (χ3v) is 5.00. The molecule has 2 heterocycles. The minimum Gasteiger partial charge on any atom is -0.486 e. The zero-order valence-corrected chi connectivity index (χ0v) is 16.3. The molecule has 142 valence electrons. The summed E-state index contributed by atoms with van der Waals surface area (Å²) in [7, 11) is 3.60. The molecule has 1 unspecified atom stereocenters. The lowest BCUT2D eigenvalue weighted by molar-refractivity contribution is 0.171. The first-order valence-electron chi connectivity index (χ1n) is 8.86. The van der Waals surface area contributed by atoms with E-state index in [0.717, 1.165) is 35.2 Å². The highest BCUT2D eigenvalue weighted by Gasteiger charge is 2.33. The molecular weight excluding hydrogens is 354 g/mol. The van der Waals surface area contributed by atoms with Gasteiger partial charge >= 0.3 is 0 Å². The van der Waals surface area contributed by atoms with E-state index < -0.39 is 0 Å². The van der Waals surface area contributed by atoms with Crippen molar-refractivity contribution in [3.05, 3.63) is 35.0 Å². The van der Waals surface area contributed by atoms with Crippen molar-refractivity contribution < 1.29 is 14.2 Å². The molecule has 1 fully saturated rings. The highest BCUT2D eigenvalue weighted by molar-refractivity contribution is 5.85. The Morgan fingerprint density at radius 2 is 2.00 bits per heavy atom. The lowest BCUT2D eigenvalue weighted by atomic mass is 10.0. The minimum atomic E-state index is 0. The summed E-state index contributed by atoms with van der Waals surface area (Å²) in [4.78, 5) is 0. The van der Waals surface area contributed by atoms with Gasteiger partial charge in [0.25, 0.3) is 0 Å². The summed E-state index contributed by atoms with van der Waals surface area (Å²) in [5, 5.41) is 8.19. The number of methoxy groups -OCH3 is 1. The van der Waals surface area contributed by atoms with Gasteiger partial charge in [-0.1, -0.05) is 6.07 Å². The molecule has 0 radical (unpaired) electrons. The lowest BCUT2D eigenvalue weighted by Gasteiger charge is -2.23. The molecule has 1 atom stereocenters. The summed E-state index contributed by atoms with van der Waals surface area (Å²) < 4.78 is 18.7. The van der Waals surface area contributed by atoms with E-state index in [0.29, 0.717) is 25.2 Å². The van der Waals surface area contributed by atoms with Gasteiger partial charge in [-0.3, -0.25) is 0 Å². The second kappa shape index (κ2) is 7.76. The minimum absolute atomic E-state index is 0. The van der Waals surface area contributed by atoms with Crippen LogP contribution in [0.25, 0.3) is 0 Å². The van der Waals surface area contributed by atoms with E-state index in [2.05, 4.69) is 22.5 Å². The summed E-state index contributed by atoms with van der Waals surface area (Å²) in [5.41, 5.74) is 3.38. The number of rotatable bonds is 6. The third kappa shape index (κ3) is 3.62. The van der Waals surface area contributed by atoms with Crippen LogP contribution in [0.1, 0.15) is 35.7 Å². The average Bonchev–Trinajstić information content (AvgIpc) is 3.41. The van der Waals surface area contributed by atoms with Gasteiger partial charge in [0.2, 0.25) is 5.88 Å². The number of fused-ring (bicyclic) bond motifs is 1. The summed E-state index contributed by atoms with van der Waals surface area (Å²) in [6.45, 7) is 4.00. The van der Waals surface area contributed by atoms with Gasteiger partial charge in [0, 0.05) is 19.6 Å². The molecule has 0 saturated heterocycles. The largest absolute Gasteiger partial charge is 0.486 e. The van der Waals surface area contributed by atoms with E-state index >= 15 is 0 Å². The standard InChI is InChI=1S/C19H25N3O3.ClH/c1-12-15(19(23-3)22(2)21-12)11-20-18(13-4-5-13)14-6-7-16-17(10-14)25-9-8-24-16;/h6-7,10,13,18,20H,4-5,8-9,11H2,1-3H3;1H. The fourth-order valence-corrected chi connectivity index (χ4v) is 3.59. The van der Waals surface area contributed by atoms with Crippen LogP contribution in [0.5, 0.6) is 17.4 Å². The van der Waals surface area contributed by atoms with E-state index in [-0.39, 0.29) is 12.4 Å². The Morgan fingerprint density at radius 1 is 1.27 bits per heavy atom. The fraction of sp³-hybridized carbons (Fsp3) is 0.526. The molecule has 1 saturated carbocycles. The Hall–Kier alpha value is -1.92. The van der Waals surface area contributed by atoms with Gasteiger partial charge in [-0.05, 0) is 43.4 Å². The number of aromatic nitrogens is 2. The van der Waals surface area contributed by atoms with Gasteiger partial charge in [0.1, 0.15) is 13.2 Å². The van der Waals surface area contributed by atoms with Crippen molar-refractivity contribution in [3.8, 4) is 17.4 Å². The van der Waals surface area contributed by atoms with Crippen LogP contribution in [-0.4, -0.2) is 30.1 Å². The molecule has 4 rings (SSSR count). The van der Waals surface area contributed by atoms with Crippen LogP contribution in [0.2, 0.25) is 0 Å². The number of hydrogen-bond acceptors (Lipinski definition) is 5. The second-order valence-corrected chi connectivity index (χ2v) is 6.80. The highest BCUT2D eigenvalue weighted by atomic mass is 35.5. The molecule has 2 aliphatic rings. The monoisotopic (exact) mass is 379 g/mol. The third-order valence-electron chi connectivity index (χ3n) is 5.00. The smallest absolute Gasteiger partial charge is 0.216 e. The average molecular weight is 380 g/mol. The van der Waals surface area contributed by atoms with E-state index in [1.54, 1.807) is 11.8 Å². The van der Waals surface area contributed by atoms with Gasteiger partial charge in [-0.25, -0.2) is 4.68 Å². The quantitative estimate of drug-likeness (QED) is 0.835. The van der Waals surface area contributed by atoms with Gasteiger partial charge in [-0.2, -0.15) is 5.10 Å². The Morgan fingerprint density at radius 3 is 2.69 bits per heavy atom. The molecule has 1 aliphatic carbocycles. The normalized spacial score (nSPS) is 16.7. The van der Waals surface area contributed by atoms with Crippen molar-refractivity contribution in [2.45, 2.75) is 32.4 Å². The second-order valence-electron chi connectivity index (χ2n) is 6.80. The number of benzene rings is 1. The van der Waals surface area contributed by atoms with Gasteiger partial charge in [-0.15, -0.1) is 12.4 Å². The Labute approximate surface area is 160 Å². The fourth-order valence-electron chi connectivity index (χ4n) is 3.59. The van der Waals surface area contributed by atoms with E-state index in [1.165, 1.54) is 18.4 Å². The van der Waals surface area contributed by atoms with Crippen LogP contribution in [0, 0.1) is 12.8 Å². The predicted octanol–water partition coefficient (Wildman–Crippen LogP) is 3.17. The molecule has 0 spiro atoms. The van der Waals surface area contributed by atoms with Gasteiger partial charge < -0.3 is 19.5 Å². The van der Waals surface area contributed by atoms with Crippen molar-refractivity contribution in [1.29, 1.82) is 0 Å². The molecule has 7 heteroatoms. The molecule has 2 aromatic rings. The topological polar surface area (TPSA) is 57.5 Å². The van der Waals surface area contributed by atoms with Crippen molar-refractivity contribution in [3.63, 3.8) is 0 Å². The number of hydrogen-bond donors (Lipinski definition) is 1. The van der Waals surface area contributed by atoms with Crippen LogP contribution in [-0.2, 0) is 13.6 Å². The maximum Gasteiger partial charge on any atom is 0.216 e. The molecule has 1 N–H and O–H groups in total. The first kappa shape index (κ1) is 18.9. The molecule has 6 nitrogen and oxygen atoms in total. The Bertz CT molecular complexity index is 774. The van der Waals surface area contributed by atoms with Crippen LogP contribution in [0.3, 0.4) is 0 Å². The maximum atomic E-state index is 5.75. The van der Waals surface area contributed by atoms with Crippen LogP contribution in [0.4, 0.5) is 0 Å². The van der Waals surface area contributed by atoms with E-state index in [9.17, 15) is 0 Å². The Balaban J connectivity index is 0.00000196. The molecule has 0 bridgehead atoms. The summed E-state index contributed by atoms with van der Waals surface area (Å²) in [5.74, 6) is 3.19. The SMILES string of the molecule is COc1c(CNC(c2ccc3c(c2)OCCO3)C2CC2)c(C)nn1C.Cl. The zero-order chi connectivity index (χ0) is 17.4. The van der Waals surface area contributed by atoms with Crippen LogP contribution < -0.4 is 19.5 Å². The first-order chi connectivity index (χ1) is 12.2. The lowest BCUT2D eigenvalue weighted by Crippen LogP contribution is -2.24. The van der Waals surface area contributed by atoms with E-state index in [4.69, 9.17) is 14.2 Å².